The van der Waals surface area contributed by atoms with Crippen LogP contribution in [0.5, 0.6) is 0 Å². The van der Waals surface area contributed by atoms with Gasteiger partial charge in [0, 0.05) is 5.71 Å². The molecule has 1 aromatic heterocycles. The van der Waals surface area contributed by atoms with Crippen molar-refractivity contribution in [1.82, 2.24) is 9.78 Å². The van der Waals surface area contributed by atoms with Gasteiger partial charge in [-0.3, -0.25) is 24.4 Å². The van der Waals surface area contributed by atoms with Crippen LogP contribution in [0.3, 0.4) is 0 Å². The normalized spacial score (nSPS) is 11.4. The van der Waals surface area contributed by atoms with E-state index in [9.17, 15) is 19.7 Å². The molecular formula is C13H15N5O5. The molecule has 10 heteroatoms. The quantitative estimate of drug-likeness (QED) is 0.335. The standard InChI is InChI=1S/C13H15N5O5/c1-7(15)10(4-14)11(19)6-23-12(20)5-17-9(3)13(18(21)22)8(2)16-17/h10,15H,5-6H2,1-3H3/t10-/m1/s1. The molecule has 10 nitrogen and oxygen atoms in total. The van der Waals surface area contributed by atoms with E-state index in [0.717, 1.165) is 4.68 Å². The Morgan fingerprint density at radius 1 is 1.52 bits per heavy atom. The molecule has 0 aliphatic heterocycles. The molecule has 0 saturated heterocycles. The fraction of sp³-hybridized carbons (Fsp3) is 0.462. The lowest BCUT2D eigenvalue weighted by Gasteiger charge is -2.08. The van der Waals surface area contributed by atoms with Crippen LogP contribution < -0.4 is 0 Å². The van der Waals surface area contributed by atoms with Gasteiger partial charge in [0.15, 0.2) is 12.4 Å². The van der Waals surface area contributed by atoms with Crippen LogP contribution in [0, 0.1) is 46.6 Å². The Morgan fingerprint density at radius 2 is 2.13 bits per heavy atom. The van der Waals surface area contributed by atoms with E-state index in [1.165, 1.54) is 20.8 Å². The number of nitro groups is 1. The summed E-state index contributed by atoms with van der Waals surface area (Å²) in [5.74, 6) is -2.77. The molecule has 122 valence electrons. The summed E-state index contributed by atoms with van der Waals surface area (Å²) in [6.45, 7) is 3.16. The number of ketones is 1. The predicted molar refractivity (Wildman–Crippen MR) is 76.8 cm³/mol. The van der Waals surface area contributed by atoms with Gasteiger partial charge >= 0.3 is 11.7 Å². The molecule has 0 unspecified atom stereocenters. The van der Waals surface area contributed by atoms with Gasteiger partial charge in [-0.05, 0) is 20.8 Å². The summed E-state index contributed by atoms with van der Waals surface area (Å²) in [6.07, 6.45) is 0. The Kier molecular flexibility index (Phi) is 5.67. The molecule has 0 aliphatic carbocycles. The molecule has 0 aromatic carbocycles. The van der Waals surface area contributed by atoms with E-state index in [0.29, 0.717) is 0 Å². The number of rotatable bonds is 7. The second-order valence-corrected chi connectivity index (χ2v) is 4.81. The Bertz CT molecular complexity index is 715. The lowest BCUT2D eigenvalue weighted by molar-refractivity contribution is -0.386. The molecule has 0 bridgehead atoms. The minimum Gasteiger partial charge on any atom is -0.456 e. The summed E-state index contributed by atoms with van der Waals surface area (Å²) in [5, 5.41) is 30.8. The molecule has 0 saturated carbocycles. The number of carbonyl (C=O) groups is 2. The van der Waals surface area contributed by atoms with E-state index in [1.54, 1.807) is 6.07 Å². The predicted octanol–water partition coefficient (Wildman–Crippen LogP) is 0.700. The van der Waals surface area contributed by atoms with Crippen LogP contribution >= 0.6 is 0 Å². The maximum Gasteiger partial charge on any atom is 0.328 e. The highest BCUT2D eigenvalue weighted by Crippen LogP contribution is 2.21. The number of carbonyl (C=O) groups excluding carboxylic acids is 2. The third-order valence-corrected chi connectivity index (χ3v) is 3.06. The van der Waals surface area contributed by atoms with Gasteiger partial charge in [0.25, 0.3) is 0 Å². The molecular weight excluding hydrogens is 306 g/mol. The largest absolute Gasteiger partial charge is 0.456 e. The summed E-state index contributed by atoms with van der Waals surface area (Å²) >= 11 is 0. The molecule has 23 heavy (non-hydrogen) atoms. The van der Waals surface area contributed by atoms with Crippen LogP contribution in [-0.4, -0.2) is 38.8 Å². The first-order valence-electron chi connectivity index (χ1n) is 6.50. The van der Waals surface area contributed by atoms with Crippen molar-refractivity contribution in [3.05, 3.63) is 21.5 Å². The van der Waals surface area contributed by atoms with Gasteiger partial charge in [0.2, 0.25) is 0 Å². The third kappa shape index (κ3) is 4.19. The molecule has 1 atom stereocenters. The molecule has 0 fully saturated rings. The minimum absolute atomic E-state index is 0.136. The number of Topliss-reactive ketones (excluding diaryl/α,β-unsaturated/α-hetero) is 1. The van der Waals surface area contributed by atoms with E-state index >= 15 is 0 Å². The Balaban J connectivity index is 2.71. The van der Waals surface area contributed by atoms with Crippen molar-refractivity contribution in [3.63, 3.8) is 0 Å². The van der Waals surface area contributed by atoms with Crippen LogP contribution in [0.25, 0.3) is 0 Å². The summed E-state index contributed by atoms with van der Waals surface area (Å²) in [6, 6.07) is 1.65. The highest BCUT2D eigenvalue weighted by molar-refractivity contribution is 6.05. The molecule has 0 spiro atoms. The number of hydrogen-bond acceptors (Lipinski definition) is 8. The van der Waals surface area contributed by atoms with Crippen molar-refractivity contribution in [2.45, 2.75) is 27.3 Å². The number of esters is 1. The fourth-order valence-electron chi connectivity index (χ4n) is 1.92. The van der Waals surface area contributed by atoms with Crippen LogP contribution in [0.15, 0.2) is 0 Å². The molecule has 1 heterocycles. The first-order valence-corrected chi connectivity index (χ1v) is 6.50. The molecule has 1 aromatic rings. The van der Waals surface area contributed by atoms with Gasteiger partial charge < -0.3 is 10.1 Å². The smallest absolute Gasteiger partial charge is 0.328 e. The van der Waals surface area contributed by atoms with Gasteiger partial charge in [-0.2, -0.15) is 10.4 Å². The van der Waals surface area contributed by atoms with Crippen molar-refractivity contribution in [3.8, 4) is 6.07 Å². The number of nitrogens with one attached hydrogen (secondary N) is 1. The zero-order valence-corrected chi connectivity index (χ0v) is 12.8. The summed E-state index contributed by atoms with van der Waals surface area (Å²) in [4.78, 5) is 33.6. The number of nitrogens with zero attached hydrogens (tertiary/aromatic N) is 4. The SMILES string of the molecule is CC(=N)[C@@H](C#N)C(=O)COC(=O)Cn1nc(C)c([N+](=O)[O-])c1C. The minimum atomic E-state index is -1.25. The van der Waals surface area contributed by atoms with Crippen molar-refractivity contribution in [1.29, 1.82) is 10.7 Å². The number of ether oxygens (including phenoxy) is 1. The maximum atomic E-state index is 11.7. The van der Waals surface area contributed by atoms with Gasteiger partial charge in [-0.15, -0.1) is 0 Å². The average Bonchev–Trinajstić information content (AvgIpc) is 2.71. The van der Waals surface area contributed by atoms with Crippen molar-refractivity contribution in [2.24, 2.45) is 5.92 Å². The van der Waals surface area contributed by atoms with Crippen LogP contribution in [0.4, 0.5) is 5.69 Å². The monoisotopic (exact) mass is 321 g/mol. The summed E-state index contributed by atoms with van der Waals surface area (Å²) in [5.41, 5.74) is 0.0435. The highest BCUT2D eigenvalue weighted by atomic mass is 16.6. The molecule has 0 amide bonds. The molecule has 0 radical (unpaired) electrons. The van der Waals surface area contributed by atoms with Crippen molar-refractivity contribution < 1.29 is 19.2 Å². The topological polar surface area (TPSA) is 152 Å². The summed E-state index contributed by atoms with van der Waals surface area (Å²) in [7, 11) is 0. The first-order chi connectivity index (χ1) is 10.7. The maximum absolute atomic E-state index is 11.7. The van der Waals surface area contributed by atoms with Crippen molar-refractivity contribution in [2.75, 3.05) is 6.61 Å². The second kappa shape index (κ2) is 7.26. The highest BCUT2D eigenvalue weighted by Gasteiger charge is 2.24. The zero-order valence-electron chi connectivity index (χ0n) is 12.8. The number of aromatic nitrogens is 2. The Hall–Kier alpha value is -3.09. The van der Waals surface area contributed by atoms with Gasteiger partial charge in [0.05, 0.1) is 11.0 Å². The van der Waals surface area contributed by atoms with Crippen LogP contribution in [0.2, 0.25) is 0 Å². The van der Waals surface area contributed by atoms with Crippen LogP contribution in [0.1, 0.15) is 18.3 Å². The first kappa shape index (κ1) is 18.0. The lowest BCUT2D eigenvalue weighted by Crippen LogP contribution is -2.27. The molecule has 1 N–H and O–H groups in total. The van der Waals surface area contributed by atoms with Gasteiger partial charge in [0.1, 0.15) is 23.9 Å². The fourth-order valence-corrected chi connectivity index (χ4v) is 1.92. The van der Waals surface area contributed by atoms with E-state index in [2.05, 4.69) is 5.10 Å². The average molecular weight is 321 g/mol. The Labute approximate surface area is 131 Å². The van der Waals surface area contributed by atoms with E-state index < -0.39 is 35.7 Å². The van der Waals surface area contributed by atoms with E-state index in [4.69, 9.17) is 15.4 Å². The van der Waals surface area contributed by atoms with Gasteiger partial charge in [-0.25, -0.2) is 0 Å². The van der Waals surface area contributed by atoms with Crippen LogP contribution in [-0.2, 0) is 20.9 Å². The number of nitriles is 1. The van der Waals surface area contributed by atoms with Crippen molar-refractivity contribution >= 4 is 23.2 Å². The number of hydrogen-bond donors (Lipinski definition) is 1. The van der Waals surface area contributed by atoms with Gasteiger partial charge in [-0.1, -0.05) is 0 Å². The third-order valence-electron chi connectivity index (χ3n) is 3.06. The van der Waals surface area contributed by atoms with E-state index in [1.807, 2.05) is 0 Å². The number of aryl methyl sites for hydroxylation is 1. The zero-order chi connectivity index (χ0) is 17.7. The molecule has 1 rings (SSSR count). The second-order valence-electron chi connectivity index (χ2n) is 4.81. The lowest BCUT2D eigenvalue weighted by atomic mass is 10.0. The molecule has 0 aliphatic rings. The Morgan fingerprint density at radius 3 is 2.57 bits per heavy atom. The van der Waals surface area contributed by atoms with E-state index in [-0.39, 0.29) is 22.8 Å². The summed E-state index contributed by atoms with van der Waals surface area (Å²) < 4.78 is 5.85.